The number of hydrogen-bond acceptors (Lipinski definition) is 4. The number of hydrogen-bond donors (Lipinski definition) is 1. The summed E-state index contributed by atoms with van der Waals surface area (Å²) in [6.45, 7) is 4.11. The minimum Gasteiger partial charge on any atom is -0.377 e. The third-order valence-corrected chi connectivity index (χ3v) is 6.37. The van der Waals surface area contributed by atoms with Gasteiger partial charge in [0.05, 0.1) is 6.61 Å². The van der Waals surface area contributed by atoms with Crippen molar-refractivity contribution in [1.82, 2.24) is 10.2 Å². The molecule has 1 saturated heterocycles. The van der Waals surface area contributed by atoms with Crippen LogP contribution in [-0.2, 0) is 22.6 Å². The predicted molar refractivity (Wildman–Crippen MR) is 123 cm³/mol. The van der Waals surface area contributed by atoms with Gasteiger partial charge in [0.1, 0.15) is 6.04 Å². The van der Waals surface area contributed by atoms with Gasteiger partial charge < -0.3 is 15.0 Å². The molecule has 1 N–H and O–H groups in total. The Kier molecular flexibility index (Phi) is 6.79. The Labute approximate surface area is 186 Å². The van der Waals surface area contributed by atoms with Gasteiger partial charge in [-0.15, -0.1) is 11.3 Å². The fraction of sp³-hybridized carbons (Fsp3) is 0.280. The fourth-order valence-electron chi connectivity index (χ4n) is 3.76. The smallest absolute Gasteiger partial charge is 0.254 e. The average Bonchev–Trinajstić information content (AvgIpc) is 3.34. The molecule has 31 heavy (non-hydrogen) atoms. The number of carbonyl (C=O) groups is 2. The first-order valence-electron chi connectivity index (χ1n) is 10.5. The van der Waals surface area contributed by atoms with Crippen molar-refractivity contribution in [2.45, 2.75) is 26.0 Å². The van der Waals surface area contributed by atoms with Gasteiger partial charge in [0, 0.05) is 36.6 Å². The van der Waals surface area contributed by atoms with E-state index in [0.29, 0.717) is 38.3 Å². The maximum absolute atomic E-state index is 13.2. The molecule has 3 aromatic rings. The molecule has 1 aromatic heterocycles. The topological polar surface area (TPSA) is 58.6 Å². The second kappa shape index (κ2) is 9.90. The maximum Gasteiger partial charge on any atom is 0.254 e. The van der Waals surface area contributed by atoms with Gasteiger partial charge in [-0.25, -0.2) is 0 Å². The van der Waals surface area contributed by atoms with E-state index in [-0.39, 0.29) is 11.8 Å². The zero-order valence-electron chi connectivity index (χ0n) is 17.5. The molecular weight excluding hydrogens is 408 g/mol. The monoisotopic (exact) mass is 434 g/mol. The van der Waals surface area contributed by atoms with Crippen molar-refractivity contribution in [2.24, 2.45) is 0 Å². The van der Waals surface area contributed by atoms with E-state index < -0.39 is 6.04 Å². The van der Waals surface area contributed by atoms with Crippen LogP contribution in [0.25, 0.3) is 10.4 Å². The third-order valence-electron chi connectivity index (χ3n) is 5.45. The van der Waals surface area contributed by atoms with E-state index in [4.69, 9.17) is 4.74 Å². The Bertz CT molecular complexity index is 1010. The standard InChI is InChI=1S/C25H26N2O3S/c1-2-30-17-19-7-11-21(12-8-19)25(29)27-14-13-26-24(28)22(27)16-18-5-9-20(10-6-18)23-4-3-15-31-23/h3-12,15,22H,2,13-14,16-17H2,1H3,(H,26,28). The molecule has 160 valence electrons. The lowest BCUT2D eigenvalue weighted by Gasteiger charge is -2.35. The van der Waals surface area contributed by atoms with Gasteiger partial charge in [-0.05, 0) is 47.2 Å². The molecule has 1 unspecified atom stereocenters. The van der Waals surface area contributed by atoms with Crippen molar-refractivity contribution < 1.29 is 14.3 Å². The second-order valence-electron chi connectivity index (χ2n) is 7.52. The van der Waals surface area contributed by atoms with E-state index in [0.717, 1.165) is 16.7 Å². The highest BCUT2D eigenvalue weighted by atomic mass is 32.1. The minimum atomic E-state index is -0.517. The summed E-state index contributed by atoms with van der Waals surface area (Å²) in [5.41, 5.74) is 3.81. The van der Waals surface area contributed by atoms with Crippen molar-refractivity contribution in [1.29, 1.82) is 0 Å². The second-order valence-corrected chi connectivity index (χ2v) is 8.47. The van der Waals surface area contributed by atoms with Gasteiger partial charge in [0.25, 0.3) is 5.91 Å². The predicted octanol–water partition coefficient (Wildman–Crippen LogP) is 4.13. The number of amides is 2. The lowest BCUT2D eigenvalue weighted by molar-refractivity contribution is -0.127. The molecule has 2 heterocycles. The van der Waals surface area contributed by atoms with Crippen molar-refractivity contribution in [3.63, 3.8) is 0 Å². The van der Waals surface area contributed by atoms with Crippen molar-refractivity contribution >= 4 is 23.2 Å². The van der Waals surface area contributed by atoms with Gasteiger partial charge in [0.15, 0.2) is 0 Å². The third kappa shape index (κ3) is 5.03. The largest absolute Gasteiger partial charge is 0.377 e. The summed E-state index contributed by atoms with van der Waals surface area (Å²) in [7, 11) is 0. The molecule has 0 saturated carbocycles. The first kappa shape index (κ1) is 21.3. The Hall–Kier alpha value is -2.96. The van der Waals surface area contributed by atoms with Crippen LogP contribution in [-0.4, -0.2) is 42.5 Å². The summed E-state index contributed by atoms with van der Waals surface area (Å²) < 4.78 is 5.42. The van der Waals surface area contributed by atoms with Gasteiger partial charge in [-0.1, -0.05) is 42.5 Å². The SMILES string of the molecule is CCOCc1ccc(C(=O)N2CCNC(=O)C2Cc2ccc(-c3cccs3)cc2)cc1. The number of carbonyl (C=O) groups excluding carboxylic acids is 2. The van der Waals surface area contributed by atoms with Crippen LogP contribution >= 0.6 is 11.3 Å². The Morgan fingerprint density at radius 3 is 2.52 bits per heavy atom. The van der Waals surface area contributed by atoms with E-state index in [1.54, 1.807) is 16.2 Å². The Morgan fingerprint density at radius 1 is 1.10 bits per heavy atom. The van der Waals surface area contributed by atoms with Crippen LogP contribution < -0.4 is 5.32 Å². The zero-order chi connectivity index (χ0) is 21.6. The van der Waals surface area contributed by atoms with E-state index in [9.17, 15) is 9.59 Å². The number of nitrogens with one attached hydrogen (secondary N) is 1. The molecule has 4 rings (SSSR count). The van der Waals surface area contributed by atoms with Crippen LogP contribution in [0, 0.1) is 0 Å². The normalized spacial score (nSPS) is 16.2. The molecule has 0 bridgehead atoms. The number of thiophene rings is 1. The van der Waals surface area contributed by atoms with Crippen LogP contribution in [0.5, 0.6) is 0 Å². The van der Waals surface area contributed by atoms with E-state index in [2.05, 4.69) is 28.9 Å². The highest BCUT2D eigenvalue weighted by molar-refractivity contribution is 7.13. The summed E-state index contributed by atoms with van der Waals surface area (Å²) in [6.07, 6.45) is 0.491. The molecule has 0 aliphatic carbocycles. The lowest BCUT2D eigenvalue weighted by Crippen LogP contribution is -2.58. The number of rotatable bonds is 7. The fourth-order valence-corrected chi connectivity index (χ4v) is 4.49. The van der Waals surface area contributed by atoms with Crippen molar-refractivity contribution in [2.75, 3.05) is 19.7 Å². The van der Waals surface area contributed by atoms with Crippen LogP contribution in [0.15, 0.2) is 66.0 Å². The zero-order valence-corrected chi connectivity index (χ0v) is 18.4. The molecule has 1 aliphatic heterocycles. The molecule has 0 radical (unpaired) electrons. The van der Waals surface area contributed by atoms with Crippen molar-refractivity contribution in [3.05, 3.63) is 82.7 Å². The van der Waals surface area contributed by atoms with E-state index >= 15 is 0 Å². The molecule has 2 amide bonds. The summed E-state index contributed by atoms with van der Waals surface area (Å²) in [4.78, 5) is 28.8. The summed E-state index contributed by atoms with van der Waals surface area (Å²) in [6, 6.07) is 19.3. The summed E-state index contributed by atoms with van der Waals surface area (Å²) in [5.74, 6) is -0.215. The summed E-state index contributed by atoms with van der Waals surface area (Å²) >= 11 is 1.70. The Morgan fingerprint density at radius 2 is 1.84 bits per heavy atom. The van der Waals surface area contributed by atoms with Crippen molar-refractivity contribution in [3.8, 4) is 10.4 Å². The summed E-state index contributed by atoms with van der Waals surface area (Å²) in [5, 5.41) is 4.97. The van der Waals surface area contributed by atoms with Gasteiger partial charge in [-0.3, -0.25) is 9.59 Å². The maximum atomic E-state index is 13.2. The molecular formula is C25H26N2O3S. The first-order chi connectivity index (χ1) is 15.2. The molecule has 1 fully saturated rings. The van der Waals surface area contributed by atoms with E-state index in [1.165, 1.54) is 4.88 Å². The molecule has 2 aromatic carbocycles. The molecule has 5 nitrogen and oxygen atoms in total. The lowest BCUT2D eigenvalue weighted by atomic mass is 9.99. The number of piperazine rings is 1. The van der Waals surface area contributed by atoms with E-state index in [1.807, 2.05) is 49.4 Å². The highest BCUT2D eigenvalue weighted by Crippen LogP contribution is 2.25. The van der Waals surface area contributed by atoms with Crippen LogP contribution in [0.3, 0.4) is 0 Å². The average molecular weight is 435 g/mol. The number of ether oxygens (including phenoxy) is 1. The van der Waals surface area contributed by atoms with Gasteiger partial charge in [0.2, 0.25) is 5.91 Å². The van der Waals surface area contributed by atoms with Crippen LogP contribution in [0.1, 0.15) is 28.4 Å². The molecule has 1 atom stereocenters. The van der Waals surface area contributed by atoms with Gasteiger partial charge >= 0.3 is 0 Å². The molecule has 0 spiro atoms. The first-order valence-corrected chi connectivity index (χ1v) is 11.4. The number of nitrogens with zero attached hydrogens (tertiary/aromatic N) is 1. The van der Waals surface area contributed by atoms with Gasteiger partial charge in [-0.2, -0.15) is 0 Å². The number of benzene rings is 2. The molecule has 6 heteroatoms. The molecule has 1 aliphatic rings. The van der Waals surface area contributed by atoms with Crippen LogP contribution in [0.2, 0.25) is 0 Å². The van der Waals surface area contributed by atoms with Crippen LogP contribution in [0.4, 0.5) is 0 Å². The Balaban J connectivity index is 1.49. The minimum absolute atomic E-state index is 0.102. The quantitative estimate of drug-likeness (QED) is 0.608. The highest BCUT2D eigenvalue weighted by Gasteiger charge is 2.33.